The molecule has 0 saturated heterocycles. The summed E-state index contributed by atoms with van der Waals surface area (Å²) in [5.41, 5.74) is 2.73. The Morgan fingerprint density at radius 1 is 1.38 bits per heavy atom. The van der Waals surface area contributed by atoms with E-state index in [-0.39, 0.29) is 6.42 Å². The quantitative estimate of drug-likeness (QED) is 0.610. The van der Waals surface area contributed by atoms with Gasteiger partial charge in [-0.3, -0.25) is 4.79 Å². The van der Waals surface area contributed by atoms with Gasteiger partial charge in [-0.2, -0.15) is 5.48 Å². The maximum atomic E-state index is 10.4. The lowest BCUT2D eigenvalue weighted by molar-refractivity contribution is -0.138. The minimum Gasteiger partial charge on any atom is -0.481 e. The Morgan fingerprint density at radius 3 is 2.46 bits per heavy atom. The first kappa shape index (κ1) is 9.70. The maximum Gasteiger partial charge on any atom is 0.305 e. The second-order valence-corrected chi connectivity index (χ2v) is 2.69. The van der Waals surface area contributed by atoms with Crippen LogP contribution in [0.5, 0.6) is 0 Å². The van der Waals surface area contributed by atoms with Crippen LogP contribution in [0.25, 0.3) is 0 Å². The van der Waals surface area contributed by atoms with Crippen LogP contribution in [-0.2, 0) is 4.79 Å². The molecule has 3 N–H and O–H groups in total. The van der Waals surface area contributed by atoms with Crippen LogP contribution in [0.2, 0.25) is 0 Å². The van der Waals surface area contributed by atoms with Crippen molar-refractivity contribution in [3.8, 4) is 0 Å². The zero-order chi connectivity index (χ0) is 9.68. The molecule has 4 nitrogen and oxygen atoms in total. The van der Waals surface area contributed by atoms with E-state index in [0.717, 1.165) is 5.56 Å². The van der Waals surface area contributed by atoms with Crippen molar-refractivity contribution < 1.29 is 15.1 Å². The van der Waals surface area contributed by atoms with Gasteiger partial charge in [0.2, 0.25) is 0 Å². The molecular formula is C9H11NO3. The Balaban J connectivity index is 2.73. The van der Waals surface area contributed by atoms with Crippen LogP contribution in [0.3, 0.4) is 0 Å². The monoisotopic (exact) mass is 181 g/mol. The number of aliphatic carboxylic acids is 1. The highest BCUT2D eigenvalue weighted by Gasteiger charge is 2.13. The summed E-state index contributed by atoms with van der Waals surface area (Å²) < 4.78 is 0. The first-order chi connectivity index (χ1) is 6.24. The molecule has 0 aliphatic heterocycles. The maximum absolute atomic E-state index is 10.4. The van der Waals surface area contributed by atoms with E-state index in [4.69, 9.17) is 10.3 Å². The molecule has 0 unspecified atom stereocenters. The third-order valence-electron chi connectivity index (χ3n) is 1.74. The van der Waals surface area contributed by atoms with E-state index in [2.05, 4.69) is 0 Å². The van der Waals surface area contributed by atoms with E-state index in [1.165, 1.54) is 0 Å². The van der Waals surface area contributed by atoms with Crippen LogP contribution >= 0.6 is 0 Å². The Morgan fingerprint density at radius 2 is 2.00 bits per heavy atom. The molecular weight excluding hydrogens is 170 g/mol. The first-order valence-corrected chi connectivity index (χ1v) is 3.90. The number of hydrogen-bond donors (Lipinski definition) is 3. The Hall–Kier alpha value is -1.39. The van der Waals surface area contributed by atoms with Crippen LogP contribution in [-0.4, -0.2) is 16.3 Å². The highest BCUT2D eigenvalue weighted by molar-refractivity contribution is 5.67. The zero-order valence-corrected chi connectivity index (χ0v) is 6.97. The molecule has 0 radical (unpaired) electrons. The first-order valence-electron chi connectivity index (χ1n) is 3.90. The molecule has 1 rings (SSSR count). The molecule has 1 aromatic carbocycles. The van der Waals surface area contributed by atoms with E-state index in [1.54, 1.807) is 24.3 Å². The predicted molar refractivity (Wildman–Crippen MR) is 46.4 cm³/mol. The van der Waals surface area contributed by atoms with Crippen LogP contribution in [0.4, 0.5) is 0 Å². The molecule has 0 aromatic heterocycles. The van der Waals surface area contributed by atoms with Gasteiger partial charge in [-0.05, 0) is 5.56 Å². The minimum absolute atomic E-state index is 0.138. The van der Waals surface area contributed by atoms with Gasteiger partial charge in [-0.15, -0.1) is 0 Å². The Bertz CT molecular complexity index is 273. The van der Waals surface area contributed by atoms with Crippen molar-refractivity contribution in [2.24, 2.45) is 0 Å². The average Bonchev–Trinajstić information content (AvgIpc) is 2.15. The largest absolute Gasteiger partial charge is 0.481 e. The van der Waals surface area contributed by atoms with Gasteiger partial charge in [0.1, 0.15) is 0 Å². The number of rotatable bonds is 4. The fourth-order valence-corrected chi connectivity index (χ4v) is 1.10. The average molecular weight is 181 g/mol. The van der Waals surface area contributed by atoms with Crippen molar-refractivity contribution in [3.63, 3.8) is 0 Å². The molecule has 1 aromatic rings. The van der Waals surface area contributed by atoms with Crippen molar-refractivity contribution in [3.05, 3.63) is 35.9 Å². The fourth-order valence-electron chi connectivity index (χ4n) is 1.10. The molecule has 0 spiro atoms. The summed E-state index contributed by atoms with van der Waals surface area (Å²) in [6.07, 6.45) is -0.138. The topological polar surface area (TPSA) is 69.6 Å². The summed E-state index contributed by atoms with van der Waals surface area (Å²) >= 11 is 0. The third kappa shape index (κ3) is 2.85. The predicted octanol–water partition coefficient (Wildman–Crippen LogP) is 1.18. The highest BCUT2D eigenvalue weighted by atomic mass is 16.5. The standard InChI is InChI=1S/C9H11NO3/c11-9(12)6-8(10-13)7-4-2-1-3-5-7/h1-5,8,10,13H,6H2,(H,11,12)/t8-/m0/s1. The van der Waals surface area contributed by atoms with Crippen LogP contribution in [0.15, 0.2) is 30.3 Å². The van der Waals surface area contributed by atoms with Crippen LogP contribution < -0.4 is 5.48 Å². The minimum atomic E-state index is -0.949. The number of nitrogens with one attached hydrogen (secondary N) is 1. The zero-order valence-electron chi connectivity index (χ0n) is 6.97. The Labute approximate surface area is 75.8 Å². The summed E-state index contributed by atoms with van der Waals surface area (Å²) in [6, 6.07) is 8.40. The van der Waals surface area contributed by atoms with Gasteiger partial charge < -0.3 is 10.3 Å². The SMILES string of the molecule is O=C(O)C[C@H](NO)c1ccccc1. The van der Waals surface area contributed by atoms with Crippen molar-refractivity contribution in [1.82, 2.24) is 5.48 Å². The Kier molecular flexibility index (Phi) is 3.42. The second kappa shape index (κ2) is 4.59. The molecule has 0 aliphatic rings. The van der Waals surface area contributed by atoms with E-state index >= 15 is 0 Å². The lowest BCUT2D eigenvalue weighted by atomic mass is 10.1. The highest BCUT2D eigenvalue weighted by Crippen LogP contribution is 2.15. The molecule has 1 atom stereocenters. The molecule has 0 bridgehead atoms. The molecule has 0 aliphatic carbocycles. The lowest BCUT2D eigenvalue weighted by Gasteiger charge is -2.12. The van der Waals surface area contributed by atoms with E-state index in [0.29, 0.717) is 0 Å². The number of carbonyl (C=O) groups is 1. The molecule has 0 fully saturated rings. The summed E-state index contributed by atoms with van der Waals surface area (Å²) in [5.74, 6) is -0.949. The summed E-state index contributed by atoms with van der Waals surface area (Å²) in [7, 11) is 0. The second-order valence-electron chi connectivity index (χ2n) is 2.69. The summed E-state index contributed by atoms with van der Waals surface area (Å²) in [6.45, 7) is 0. The number of benzene rings is 1. The van der Waals surface area contributed by atoms with Crippen molar-refractivity contribution >= 4 is 5.97 Å². The van der Waals surface area contributed by atoms with Gasteiger partial charge in [0.05, 0.1) is 12.5 Å². The molecule has 13 heavy (non-hydrogen) atoms. The van der Waals surface area contributed by atoms with Crippen LogP contribution in [0, 0.1) is 0 Å². The number of hydrogen-bond acceptors (Lipinski definition) is 3. The number of carboxylic acids is 1. The molecule has 0 heterocycles. The van der Waals surface area contributed by atoms with Crippen molar-refractivity contribution in [1.29, 1.82) is 0 Å². The van der Waals surface area contributed by atoms with Crippen molar-refractivity contribution in [2.45, 2.75) is 12.5 Å². The molecule has 70 valence electrons. The van der Waals surface area contributed by atoms with Crippen molar-refractivity contribution in [2.75, 3.05) is 0 Å². The normalized spacial score (nSPS) is 12.4. The van der Waals surface area contributed by atoms with Crippen LogP contribution in [0.1, 0.15) is 18.0 Å². The van der Waals surface area contributed by atoms with Gasteiger partial charge in [0, 0.05) is 0 Å². The van der Waals surface area contributed by atoms with E-state index in [1.807, 2.05) is 11.5 Å². The summed E-state index contributed by atoms with van der Waals surface area (Å²) in [4.78, 5) is 10.4. The smallest absolute Gasteiger partial charge is 0.305 e. The van der Waals surface area contributed by atoms with Gasteiger partial charge >= 0.3 is 5.97 Å². The third-order valence-corrected chi connectivity index (χ3v) is 1.74. The molecule has 4 heteroatoms. The molecule has 0 saturated carbocycles. The summed E-state index contributed by atoms with van der Waals surface area (Å²) in [5, 5.41) is 17.2. The molecule has 0 amide bonds. The number of carboxylic acid groups (broad SMARTS) is 1. The van der Waals surface area contributed by atoms with Gasteiger partial charge in [-0.1, -0.05) is 30.3 Å². The number of hydroxylamine groups is 1. The lowest BCUT2D eigenvalue weighted by Crippen LogP contribution is -2.20. The van der Waals surface area contributed by atoms with Gasteiger partial charge in [0.15, 0.2) is 0 Å². The van der Waals surface area contributed by atoms with E-state index < -0.39 is 12.0 Å². The fraction of sp³-hybridized carbons (Fsp3) is 0.222. The van der Waals surface area contributed by atoms with Gasteiger partial charge in [0.25, 0.3) is 0 Å². The van der Waals surface area contributed by atoms with E-state index in [9.17, 15) is 4.79 Å². The van der Waals surface area contributed by atoms with Gasteiger partial charge in [-0.25, -0.2) is 0 Å².